The van der Waals surface area contributed by atoms with E-state index in [9.17, 15) is 19.5 Å². The maximum Gasteiger partial charge on any atom is 0.184 e. The van der Waals surface area contributed by atoms with Crippen LogP contribution in [0.1, 0.15) is 115 Å². The maximum absolute atomic E-state index is 15.0. The van der Waals surface area contributed by atoms with Crippen molar-refractivity contribution >= 4 is 17.3 Å². The van der Waals surface area contributed by atoms with E-state index < -0.39 is 27.9 Å². The van der Waals surface area contributed by atoms with Crippen LogP contribution in [0.5, 0.6) is 0 Å². The van der Waals surface area contributed by atoms with Crippen molar-refractivity contribution < 1.29 is 19.5 Å². The van der Waals surface area contributed by atoms with Gasteiger partial charge in [-0.2, -0.15) is 0 Å². The summed E-state index contributed by atoms with van der Waals surface area (Å²) in [7, 11) is 0. The molecule has 0 unspecified atom stereocenters. The van der Waals surface area contributed by atoms with Gasteiger partial charge in [0, 0.05) is 11.5 Å². The molecular formula is C35H52O4. The fraction of sp³-hybridized carbons (Fsp3) is 0.629. The molecule has 0 spiro atoms. The number of aliphatic hydroxyl groups is 1. The van der Waals surface area contributed by atoms with Gasteiger partial charge in [0.1, 0.15) is 5.76 Å². The Labute approximate surface area is 237 Å². The lowest BCUT2D eigenvalue weighted by molar-refractivity contribution is -0.180. The molecule has 2 bridgehead atoms. The van der Waals surface area contributed by atoms with E-state index in [1.54, 1.807) is 13.8 Å². The van der Waals surface area contributed by atoms with E-state index in [1.165, 1.54) is 5.57 Å². The molecule has 0 aliphatic heterocycles. The van der Waals surface area contributed by atoms with Crippen molar-refractivity contribution in [1.82, 2.24) is 0 Å². The molecule has 0 radical (unpaired) electrons. The molecule has 1 fully saturated rings. The summed E-state index contributed by atoms with van der Waals surface area (Å²) >= 11 is 0. The Hall–Kier alpha value is -2.49. The molecule has 4 heteroatoms. The smallest absolute Gasteiger partial charge is 0.184 e. The highest BCUT2D eigenvalue weighted by molar-refractivity contribution is 6.33. The average molecular weight is 537 g/mol. The first-order valence-corrected chi connectivity index (χ1v) is 14.6. The summed E-state index contributed by atoms with van der Waals surface area (Å²) in [5.74, 6) is -1.93. The number of aliphatic hydroxyl groups excluding tert-OH is 1. The average Bonchev–Trinajstić information content (AvgIpc) is 2.81. The van der Waals surface area contributed by atoms with E-state index in [1.807, 2.05) is 74.5 Å². The second kappa shape index (κ2) is 12.4. The summed E-state index contributed by atoms with van der Waals surface area (Å²) < 4.78 is 0. The third-order valence-electron chi connectivity index (χ3n) is 8.98. The lowest BCUT2D eigenvalue weighted by atomic mass is 9.38. The molecule has 0 saturated heterocycles. The Morgan fingerprint density at radius 2 is 1.44 bits per heavy atom. The molecule has 0 aromatic rings. The Morgan fingerprint density at radius 3 is 1.92 bits per heavy atom. The molecule has 0 amide bonds. The van der Waals surface area contributed by atoms with Gasteiger partial charge in [0.2, 0.25) is 0 Å². The van der Waals surface area contributed by atoms with Gasteiger partial charge in [0.05, 0.1) is 5.41 Å². The fourth-order valence-electron chi connectivity index (χ4n) is 6.71. The zero-order chi connectivity index (χ0) is 29.9. The van der Waals surface area contributed by atoms with Crippen LogP contribution in [-0.2, 0) is 14.4 Å². The number of Topliss-reactive ketones (excluding diaryl/α,β-unsaturated/α-hetero) is 3. The van der Waals surface area contributed by atoms with Gasteiger partial charge in [-0.1, -0.05) is 67.4 Å². The first kappa shape index (κ1) is 32.7. The van der Waals surface area contributed by atoms with E-state index in [0.717, 1.165) is 16.7 Å². The molecule has 39 heavy (non-hydrogen) atoms. The summed E-state index contributed by atoms with van der Waals surface area (Å²) in [5.41, 5.74) is 0.583. The summed E-state index contributed by atoms with van der Waals surface area (Å²) in [5, 5.41) is 11.9. The second-order valence-corrected chi connectivity index (χ2v) is 13.5. The highest BCUT2D eigenvalue weighted by Crippen LogP contribution is 2.67. The zero-order valence-electron chi connectivity index (χ0n) is 26.4. The van der Waals surface area contributed by atoms with Crippen molar-refractivity contribution in [2.75, 3.05) is 0 Å². The lowest BCUT2D eigenvalue weighted by Gasteiger charge is -2.61. The topological polar surface area (TPSA) is 71.4 Å². The SMILES string of the molecule is CC(C)=CCC[C@@]1(C)[C@@H](CC=C(C)C)C[C@@]2(CC=C(C)C)C(=O)[C@@]1(C(=O)C(C)C)C(=O)C(CC=C(C)C)=C2O. The Kier molecular flexibility index (Phi) is 10.4. The van der Waals surface area contributed by atoms with Crippen LogP contribution < -0.4 is 0 Å². The summed E-state index contributed by atoms with van der Waals surface area (Å²) in [4.78, 5) is 44.3. The van der Waals surface area contributed by atoms with Crippen LogP contribution in [0.3, 0.4) is 0 Å². The molecule has 1 N–H and O–H groups in total. The predicted molar refractivity (Wildman–Crippen MR) is 161 cm³/mol. The van der Waals surface area contributed by atoms with Crippen LogP contribution in [0.4, 0.5) is 0 Å². The van der Waals surface area contributed by atoms with Gasteiger partial charge in [0.25, 0.3) is 0 Å². The largest absolute Gasteiger partial charge is 0.511 e. The summed E-state index contributed by atoms with van der Waals surface area (Å²) in [6.07, 6.45) is 11.0. The van der Waals surface area contributed by atoms with Crippen LogP contribution in [0.2, 0.25) is 0 Å². The molecule has 4 atom stereocenters. The third kappa shape index (κ3) is 5.86. The van der Waals surface area contributed by atoms with Crippen molar-refractivity contribution in [1.29, 1.82) is 0 Å². The number of carbonyl (C=O) groups is 3. The second-order valence-electron chi connectivity index (χ2n) is 13.5. The minimum Gasteiger partial charge on any atom is -0.511 e. The first-order chi connectivity index (χ1) is 18.0. The van der Waals surface area contributed by atoms with Crippen LogP contribution >= 0.6 is 0 Å². The lowest BCUT2D eigenvalue weighted by Crippen LogP contribution is -2.71. The van der Waals surface area contributed by atoms with Gasteiger partial charge in [-0.3, -0.25) is 14.4 Å². The van der Waals surface area contributed by atoms with E-state index in [4.69, 9.17) is 0 Å². The monoisotopic (exact) mass is 536 g/mol. The molecule has 0 aromatic carbocycles. The van der Waals surface area contributed by atoms with Crippen molar-refractivity contribution in [2.45, 2.75) is 115 Å². The van der Waals surface area contributed by atoms with Gasteiger partial charge in [-0.05, 0) is 105 Å². The molecule has 0 heterocycles. The molecule has 2 aliphatic rings. The van der Waals surface area contributed by atoms with Gasteiger partial charge in [-0.25, -0.2) is 0 Å². The van der Waals surface area contributed by atoms with E-state index in [2.05, 4.69) is 12.2 Å². The number of allylic oxidation sites excluding steroid dienone is 10. The number of carbonyl (C=O) groups excluding carboxylic acids is 3. The molecule has 4 nitrogen and oxygen atoms in total. The van der Waals surface area contributed by atoms with Gasteiger partial charge < -0.3 is 5.11 Å². The van der Waals surface area contributed by atoms with E-state index in [-0.39, 0.29) is 41.7 Å². The highest BCUT2D eigenvalue weighted by atomic mass is 16.3. The number of ketones is 3. The van der Waals surface area contributed by atoms with Crippen molar-refractivity contribution in [2.24, 2.45) is 28.1 Å². The van der Waals surface area contributed by atoms with Gasteiger partial charge in [-0.15, -0.1) is 0 Å². The predicted octanol–water partition coefficient (Wildman–Crippen LogP) is 8.99. The molecule has 2 aliphatic carbocycles. The molecule has 2 rings (SSSR count). The molecular weight excluding hydrogens is 484 g/mol. The van der Waals surface area contributed by atoms with Gasteiger partial charge in [0.15, 0.2) is 22.8 Å². The van der Waals surface area contributed by atoms with Crippen molar-refractivity contribution in [3.05, 3.63) is 57.9 Å². The molecule has 0 aromatic heterocycles. The minimum atomic E-state index is -1.83. The van der Waals surface area contributed by atoms with Gasteiger partial charge >= 0.3 is 0 Å². The fourth-order valence-corrected chi connectivity index (χ4v) is 6.71. The Bertz CT molecular complexity index is 1140. The Morgan fingerprint density at radius 1 is 0.897 bits per heavy atom. The maximum atomic E-state index is 15.0. The normalized spacial score (nSPS) is 28.3. The van der Waals surface area contributed by atoms with Crippen molar-refractivity contribution in [3.8, 4) is 0 Å². The van der Waals surface area contributed by atoms with Crippen LogP contribution in [0.15, 0.2) is 57.9 Å². The van der Waals surface area contributed by atoms with E-state index in [0.29, 0.717) is 25.7 Å². The quantitative estimate of drug-likeness (QED) is 0.211. The minimum absolute atomic E-state index is 0.117. The number of rotatable bonds is 11. The summed E-state index contributed by atoms with van der Waals surface area (Å²) in [6, 6.07) is 0. The first-order valence-electron chi connectivity index (χ1n) is 14.6. The van der Waals surface area contributed by atoms with E-state index >= 15 is 0 Å². The molecule has 1 saturated carbocycles. The Balaban J connectivity index is 3.09. The third-order valence-corrected chi connectivity index (χ3v) is 8.98. The van der Waals surface area contributed by atoms with Crippen LogP contribution in [0, 0.1) is 28.1 Å². The van der Waals surface area contributed by atoms with Crippen molar-refractivity contribution in [3.63, 3.8) is 0 Å². The summed E-state index contributed by atoms with van der Waals surface area (Å²) in [6.45, 7) is 21.6. The number of hydrogen-bond acceptors (Lipinski definition) is 4. The van der Waals surface area contributed by atoms with Crippen LogP contribution in [-0.4, -0.2) is 22.5 Å². The number of hydrogen-bond donors (Lipinski definition) is 1. The molecule has 216 valence electrons. The zero-order valence-corrected chi connectivity index (χ0v) is 26.4. The standard InChI is InChI=1S/C35H52O4/c1-22(2)13-12-19-33(11)27(16-14-23(3)4)21-34(20-18-25(7)8)30(37)28(17-15-24(5)6)31(38)35(33,32(34)39)29(36)26(9)10/h13-15,18,26-27,37H,12,16-17,19-21H2,1-11H3/t27-,33-,34+,35+/m0/s1. The van der Waals surface area contributed by atoms with Crippen LogP contribution in [0.25, 0.3) is 0 Å². The number of fused-ring (bicyclic) bond motifs is 2. The highest BCUT2D eigenvalue weighted by Gasteiger charge is 2.75.